The summed E-state index contributed by atoms with van der Waals surface area (Å²) in [5.41, 5.74) is 1.95. The van der Waals surface area contributed by atoms with Gasteiger partial charge in [0.05, 0.1) is 4.92 Å². The molecule has 2 aromatic rings. The highest BCUT2D eigenvalue weighted by atomic mass is 16.6. The molecular formula is C8H10N8O2. The van der Waals surface area contributed by atoms with Gasteiger partial charge in [0.1, 0.15) is 6.20 Å². The normalized spacial score (nSPS) is 10.1. The van der Waals surface area contributed by atoms with Gasteiger partial charge in [0.2, 0.25) is 11.8 Å². The minimum Gasteiger partial charge on any atom is -0.318 e. The fourth-order valence-corrected chi connectivity index (χ4v) is 1.27. The Labute approximate surface area is 101 Å². The van der Waals surface area contributed by atoms with Crippen LogP contribution in [0.3, 0.4) is 0 Å². The van der Waals surface area contributed by atoms with Crippen LogP contribution in [0, 0.1) is 10.1 Å². The van der Waals surface area contributed by atoms with Gasteiger partial charge in [-0.25, -0.2) is 10.8 Å². The molecule has 0 amide bonds. The predicted molar refractivity (Wildman–Crippen MR) is 63.0 cm³/mol. The molecule has 0 aliphatic carbocycles. The number of nitrogens with two attached hydrogens (primary N) is 1. The Morgan fingerprint density at radius 1 is 1.56 bits per heavy atom. The molecule has 0 fully saturated rings. The van der Waals surface area contributed by atoms with Crippen LogP contribution >= 0.6 is 0 Å². The van der Waals surface area contributed by atoms with Crippen LogP contribution in [0.5, 0.6) is 0 Å². The van der Waals surface area contributed by atoms with Crippen molar-refractivity contribution in [3.8, 4) is 0 Å². The second-order valence-electron chi connectivity index (χ2n) is 3.33. The number of nitrogens with zero attached hydrogens (tertiary/aromatic N) is 5. The third-order valence-corrected chi connectivity index (χ3v) is 2.06. The molecule has 2 aromatic heterocycles. The molecule has 94 valence electrons. The van der Waals surface area contributed by atoms with Gasteiger partial charge < -0.3 is 5.32 Å². The predicted octanol–water partition coefficient (Wildman–Crippen LogP) is 0.147. The molecule has 0 saturated heterocycles. The van der Waals surface area contributed by atoms with E-state index in [1.165, 1.54) is 0 Å². The molecule has 0 unspecified atom stereocenters. The van der Waals surface area contributed by atoms with E-state index in [2.05, 4.69) is 25.8 Å². The average molecular weight is 250 g/mol. The van der Waals surface area contributed by atoms with Gasteiger partial charge in [-0.2, -0.15) is 10.1 Å². The lowest BCUT2D eigenvalue weighted by Crippen LogP contribution is -2.12. The Kier molecular flexibility index (Phi) is 3.02. The molecule has 10 heteroatoms. The van der Waals surface area contributed by atoms with Crippen molar-refractivity contribution in [2.45, 2.75) is 0 Å². The molecule has 2 heterocycles. The van der Waals surface area contributed by atoms with E-state index in [0.717, 1.165) is 6.20 Å². The molecule has 4 N–H and O–H groups in total. The summed E-state index contributed by atoms with van der Waals surface area (Å²) < 4.78 is 1.55. The van der Waals surface area contributed by atoms with Crippen LogP contribution in [-0.2, 0) is 7.05 Å². The molecule has 0 bridgehead atoms. The number of anilines is 3. The first-order chi connectivity index (χ1) is 8.60. The topological polar surface area (TPSA) is 137 Å². The minimum atomic E-state index is -0.592. The fraction of sp³-hybridized carbons (Fsp3) is 0.125. The first kappa shape index (κ1) is 11.7. The first-order valence-electron chi connectivity index (χ1n) is 4.85. The fourth-order valence-electron chi connectivity index (χ4n) is 1.27. The zero-order valence-electron chi connectivity index (χ0n) is 9.36. The standard InChI is InChI=1S/C8H10N8O2/c1-15-3-2-6(14-15)11-7-5(16(17)18)4-10-8(12-7)13-9/h2-4H,9H2,1H3,(H2,10,11,12,13,14). The van der Waals surface area contributed by atoms with Crippen LogP contribution in [0.25, 0.3) is 0 Å². The van der Waals surface area contributed by atoms with E-state index in [1.54, 1.807) is 24.0 Å². The van der Waals surface area contributed by atoms with Gasteiger partial charge >= 0.3 is 5.69 Å². The Morgan fingerprint density at radius 2 is 2.33 bits per heavy atom. The van der Waals surface area contributed by atoms with Crippen LogP contribution in [0.4, 0.5) is 23.3 Å². The van der Waals surface area contributed by atoms with E-state index in [1.807, 2.05) is 0 Å². The van der Waals surface area contributed by atoms with Gasteiger partial charge in [-0.15, -0.1) is 0 Å². The maximum Gasteiger partial charge on any atom is 0.330 e. The summed E-state index contributed by atoms with van der Waals surface area (Å²) in [5.74, 6) is 5.67. The SMILES string of the molecule is Cn1ccc(Nc2nc(NN)ncc2[N+](=O)[O-])n1. The summed E-state index contributed by atoms with van der Waals surface area (Å²) in [6.45, 7) is 0. The summed E-state index contributed by atoms with van der Waals surface area (Å²) in [7, 11) is 1.73. The molecule has 10 nitrogen and oxygen atoms in total. The van der Waals surface area contributed by atoms with Crippen LogP contribution < -0.4 is 16.6 Å². The smallest absolute Gasteiger partial charge is 0.318 e. The number of hydrazine groups is 1. The molecule has 0 aliphatic heterocycles. The van der Waals surface area contributed by atoms with Crippen LogP contribution in [0.1, 0.15) is 0 Å². The Balaban J connectivity index is 2.37. The average Bonchev–Trinajstić information content (AvgIpc) is 2.74. The van der Waals surface area contributed by atoms with E-state index < -0.39 is 4.92 Å². The molecule has 2 rings (SSSR count). The van der Waals surface area contributed by atoms with Crippen molar-refractivity contribution in [3.63, 3.8) is 0 Å². The highest BCUT2D eigenvalue weighted by molar-refractivity contribution is 5.63. The van der Waals surface area contributed by atoms with E-state index in [0.29, 0.717) is 5.82 Å². The number of aryl methyl sites for hydroxylation is 1. The molecule has 0 radical (unpaired) electrons. The van der Waals surface area contributed by atoms with Crippen LogP contribution in [-0.4, -0.2) is 24.7 Å². The van der Waals surface area contributed by atoms with Crippen molar-refractivity contribution >= 4 is 23.3 Å². The van der Waals surface area contributed by atoms with E-state index in [-0.39, 0.29) is 17.5 Å². The number of nitro groups is 1. The van der Waals surface area contributed by atoms with Crippen molar-refractivity contribution in [2.75, 3.05) is 10.7 Å². The number of hydrogen-bond donors (Lipinski definition) is 3. The highest BCUT2D eigenvalue weighted by Crippen LogP contribution is 2.24. The van der Waals surface area contributed by atoms with E-state index in [4.69, 9.17) is 5.84 Å². The van der Waals surface area contributed by atoms with Gasteiger partial charge in [0.25, 0.3) is 0 Å². The molecule has 0 atom stereocenters. The number of nitrogen functional groups attached to an aromatic ring is 1. The molecule has 18 heavy (non-hydrogen) atoms. The lowest BCUT2D eigenvalue weighted by molar-refractivity contribution is -0.384. The van der Waals surface area contributed by atoms with Gasteiger partial charge in [-0.3, -0.25) is 20.2 Å². The lowest BCUT2D eigenvalue weighted by atomic mass is 10.4. The van der Waals surface area contributed by atoms with Crippen molar-refractivity contribution in [2.24, 2.45) is 12.9 Å². The zero-order valence-corrected chi connectivity index (χ0v) is 9.36. The van der Waals surface area contributed by atoms with Gasteiger partial charge in [-0.05, 0) is 0 Å². The summed E-state index contributed by atoms with van der Waals surface area (Å²) in [4.78, 5) is 17.8. The first-order valence-corrected chi connectivity index (χ1v) is 4.85. The number of aromatic nitrogens is 4. The second-order valence-corrected chi connectivity index (χ2v) is 3.33. The third kappa shape index (κ3) is 2.32. The Morgan fingerprint density at radius 3 is 2.89 bits per heavy atom. The van der Waals surface area contributed by atoms with E-state index in [9.17, 15) is 10.1 Å². The van der Waals surface area contributed by atoms with Crippen molar-refractivity contribution in [1.82, 2.24) is 19.7 Å². The molecule has 0 aromatic carbocycles. The Bertz CT molecular complexity index is 580. The lowest BCUT2D eigenvalue weighted by Gasteiger charge is -2.04. The largest absolute Gasteiger partial charge is 0.330 e. The quantitative estimate of drug-likeness (QED) is 0.396. The zero-order chi connectivity index (χ0) is 13.1. The molecular weight excluding hydrogens is 240 g/mol. The van der Waals surface area contributed by atoms with Crippen LogP contribution in [0.15, 0.2) is 18.5 Å². The van der Waals surface area contributed by atoms with Gasteiger partial charge in [0, 0.05) is 19.3 Å². The molecule has 0 spiro atoms. The molecule has 0 aliphatic rings. The summed E-state index contributed by atoms with van der Waals surface area (Å²) in [5, 5.41) is 17.6. The maximum atomic E-state index is 10.8. The Hall–Kier alpha value is -2.75. The maximum absolute atomic E-state index is 10.8. The van der Waals surface area contributed by atoms with Crippen LogP contribution in [0.2, 0.25) is 0 Å². The highest BCUT2D eigenvalue weighted by Gasteiger charge is 2.17. The van der Waals surface area contributed by atoms with Crippen molar-refractivity contribution in [1.29, 1.82) is 0 Å². The van der Waals surface area contributed by atoms with Gasteiger partial charge in [-0.1, -0.05) is 0 Å². The summed E-state index contributed by atoms with van der Waals surface area (Å²) in [6, 6.07) is 1.65. The number of hydrogen-bond acceptors (Lipinski definition) is 8. The monoisotopic (exact) mass is 250 g/mol. The second kappa shape index (κ2) is 4.63. The van der Waals surface area contributed by atoms with E-state index >= 15 is 0 Å². The molecule has 0 saturated carbocycles. The van der Waals surface area contributed by atoms with Crippen molar-refractivity contribution in [3.05, 3.63) is 28.6 Å². The summed E-state index contributed by atoms with van der Waals surface area (Å²) in [6.07, 6.45) is 2.75. The third-order valence-electron chi connectivity index (χ3n) is 2.06. The number of rotatable bonds is 4. The van der Waals surface area contributed by atoms with Gasteiger partial charge in [0.15, 0.2) is 5.82 Å². The van der Waals surface area contributed by atoms with Crippen molar-refractivity contribution < 1.29 is 4.92 Å². The minimum absolute atomic E-state index is 0.0154. The summed E-state index contributed by atoms with van der Waals surface area (Å²) >= 11 is 0. The number of nitrogens with one attached hydrogen (secondary N) is 2.